The van der Waals surface area contributed by atoms with Gasteiger partial charge < -0.3 is 14.2 Å². The summed E-state index contributed by atoms with van der Waals surface area (Å²) in [5.74, 6) is -0.942. The third-order valence-corrected chi connectivity index (χ3v) is 2.39. The van der Waals surface area contributed by atoms with Gasteiger partial charge in [-0.25, -0.2) is 4.79 Å². The van der Waals surface area contributed by atoms with Crippen LogP contribution < -0.4 is 9.47 Å². The number of ether oxygens (including phenoxy) is 3. The molecular formula is C15H13F2NO4. The van der Waals surface area contributed by atoms with Crippen LogP contribution in [0.2, 0.25) is 0 Å². The van der Waals surface area contributed by atoms with Gasteiger partial charge in [-0.2, -0.15) is 14.0 Å². The molecular weight excluding hydrogens is 296 g/mol. The molecule has 0 aliphatic rings. The molecule has 0 saturated heterocycles. The second-order valence-corrected chi connectivity index (χ2v) is 3.85. The smallest absolute Gasteiger partial charge is 0.387 e. The van der Waals surface area contributed by atoms with Crippen LogP contribution >= 0.6 is 0 Å². The molecule has 1 rings (SSSR count). The molecule has 0 N–H and O–H groups in total. The van der Waals surface area contributed by atoms with Gasteiger partial charge in [0.25, 0.3) is 0 Å². The molecule has 5 nitrogen and oxygen atoms in total. The average molecular weight is 309 g/mol. The molecule has 0 unspecified atom stereocenters. The molecule has 0 atom stereocenters. The first-order valence-corrected chi connectivity index (χ1v) is 6.04. The van der Waals surface area contributed by atoms with Gasteiger partial charge in [-0.1, -0.05) is 18.7 Å². The van der Waals surface area contributed by atoms with Crippen molar-refractivity contribution in [3.8, 4) is 17.6 Å². The Morgan fingerprint density at radius 1 is 1.45 bits per heavy atom. The van der Waals surface area contributed by atoms with E-state index in [1.165, 1.54) is 37.5 Å². The van der Waals surface area contributed by atoms with Crippen molar-refractivity contribution in [2.45, 2.75) is 6.61 Å². The van der Waals surface area contributed by atoms with Crippen LogP contribution in [0, 0.1) is 11.3 Å². The van der Waals surface area contributed by atoms with Gasteiger partial charge in [-0.15, -0.1) is 0 Å². The molecule has 0 amide bonds. The summed E-state index contributed by atoms with van der Waals surface area (Å²) >= 11 is 0. The molecule has 0 aliphatic heterocycles. The summed E-state index contributed by atoms with van der Waals surface area (Å²) in [5, 5.41) is 8.95. The maximum Gasteiger partial charge on any atom is 0.387 e. The van der Waals surface area contributed by atoms with Crippen LogP contribution in [0.15, 0.2) is 36.4 Å². The fourth-order valence-corrected chi connectivity index (χ4v) is 1.49. The Labute approximate surface area is 126 Å². The minimum absolute atomic E-state index is 0.0415. The number of hydrogen-bond acceptors (Lipinski definition) is 5. The summed E-state index contributed by atoms with van der Waals surface area (Å²) in [6, 6.07) is 5.77. The van der Waals surface area contributed by atoms with Gasteiger partial charge in [0.2, 0.25) is 0 Å². The van der Waals surface area contributed by atoms with Gasteiger partial charge >= 0.3 is 12.6 Å². The summed E-state index contributed by atoms with van der Waals surface area (Å²) in [6.07, 6.45) is 2.55. The number of methoxy groups -OCH3 is 1. The number of nitrogens with zero attached hydrogens (tertiary/aromatic N) is 1. The lowest BCUT2D eigenvalue weighted by Crippen LogP contribution is -2.07. The SMILES string of the molecule is C=CCOC(=O)/C(C#N)=C/c1ccc(OC)c(OC(F)F)c1. The number of benzene rings is 1. The zero-order chi connectivity index (χ0) is 16.5. The Balaban J connectivity index is 3.09. The molecule has 1 aromatic rings. The van der Waals surface area contributed by atoms with Crippen LogP contribution in [-0.2, 0) is 9.53 Å². The number of halogens is 2. The molecule has 0 spiro atoms. The lowest BCUT2D eigenvalue weighted by Gasteiger charge is -2.10. The molecule has 1 aromatic carbocycles. The quantitative estimate of drug-likeness (QED) is 0.335. The van der Waals surface area contributed by atoms with Crippen molar-refractivity contribution in [2.75, 3.05) is 13.7 Å². The molecule has 116 valence electrons. The van der Waals surface area contributed by atoms with E-state index >= 15 is 0 Å². The second kappa shape index (κ2) is 8.42. The summed E-state index contributed by atoms with van der Waals surface area (Å²) in [5.41, 5.74) is 0.0265. The number of rotatable bonds is 7. The van der Waals surface area contributed by atoms with Crippen molar-refractivity contribution in [2.24, 2.45) is 0 Å². The Bertz CT molecular complexity index is 620. The van der Waals surface area contributed by atoms with E-state index in [9.17, 15) is 13.6 Å². The largest absolute Gasteiger partial charge is 0.493 e. The van der Waals surface area contributed by atoms with E-state index in [2.05, 4.69) is 11.3 Å². The first kappa shape index (κ1) is 17.2. The zero-order valence-electron chi connectivity index (χ0n) is 11.7. The van der Waals surface area contributed by atoms with Gasteiger partial charge in [0.15, 0.2) is 11.5 Å². The van der Waals surface area contributed by atoms with Gasteiger partial charge in [0.05, 0.1) is 7.11 Å². The first-order valence-electron chi connectivity index (χ1n) is 6.04. The molecule has 22 heavy (non-hydrogen) atoms. The number of hydrogen-bond donors (Lipinski definition) is 0. The maximum atomic E-state index is 12.3. The number of esters is 1. The molecule has 7 heteroatoms. The Morgan fingerprint density at radius 3 is 2.73 bits per heavy atom. The molecule has 0 bridgehead atoms. The standard InChI is InChI=1S/C15H13F2NO4/c1-3-6-21-14(19)11(9-18)7-10-4-5-12(20-2)13(8-10)22-15(16)17/h3-5,7-8,15H,1,6H2,2H3/b11-7+. The van der Waals surface area contributed by atoms with Crippen LogP contribution in [0.1, 0.15) is 5.56 Å². The minimum Gasteiger partial charge on any atom is -0.493 e. The van der Waals surface area contributed by atoms with E-state index < -0.39 is 12.6 Å². The maximum absolute atomic E-state index is 12.3. The fraction of sp³-hybridized carbons (Fsp3) is 0.200. The number of nitriles is 1. The van der Waals surface area contributed by atoms with E-state index in [1.54, 1.807) is 6.07 Å². The van der Waals surface area contributed by atoms with Crippen LogP contribution in [0.3, 0.4) is 0 Å². The highest BCUT2D eigenvalue weighted by Crippen LogP contribution is 2.30. The summed E-state index contributed by atoms with van der Waals surface area (Å²) < 4.78 is 38.6. The number of carbonyl (C=O) groups excluding carboxylic acids is 1. The topological polar surface area (TPSA) is 68.6 Å². The van der Waals surface area contributed by atoms with E-state index in [1.807, 2.05) is 0 Å². The molecule has 0 aromatic heterocycles. The number of alkyl halides is 2. The monoisotopic (exact) mass is 309 g/mol. The zero-order valence-corrected chi connectivity index (χ0v) is 11.7. The normalized spacial score (nSPS) is 10.8. The number of carbonyl (C=O) groups is 1. The third kappa shape index (κ3) is 4.90. The van der Waals surface area contributed by atoms with Gasteiger partial charge in [-0.05, 0) is 23.8 Å². The van der Waals surface area contributed by atoms with E-state index in [0.717, 1.165) is 0 Å². The molecule has 0 radical (unpaired) electrons. The molecule has 0 heterocycles. The average Bonchev–Trinajstić information content (AvgIpc) is 2.49. The van der Waals surface area contributed by atoms with Crippen molar-refractivity contribution in [3.05, 3.63) is 42.0 Å². The summed E-state index contributed by atoms with van der Waals surface area (Å²) in [6.45, 7) is 0.311. The van der Waals surface area contributed by atoms with Gasteiger partial charge in [0.1, 0.15) is 18.2 Å². The molecule has 0 fully saturated rings. The lowest BCUT2D eigenvalue weighted by molar-refractivity contribution is -0.137. The molecule has 0 aliphatic carbocycles. The van der Waals surface area contributed by atoms with Crippen LogP contribution in [-0.4, -0.2) is 26.3 Å². The second-order valence-electron chi connectivity index (χ2n) is 3.85. The van der Waals surface area contributed by atoms with E-state index in [0.29, 0.717) is 5.56 Å². The highest BCUT2D eigenvalue weighted by Gasteiger charge is 2.13. The lowest BCUT2D eigenvalue weighted by atomic mass is 10.1. The minimum atomic E-state index is -3.03. The Kier molecular flexibility index (Phi) is 6.57. The summed E-state index contributed by atoms with van der Waals surface area (Å²) in [4.78, 5) is 11.6. The predicted molar refractivity (Wildman–Crippen MR) is 74.4 cm³/mol. The summed E-state index contributed by atoms with van der Waals surface area (Å²) in [7, 11) is 1.30. The van der Waals surface area contributed by atoms with Gasteiger partial charge in [0, 0.05) is 0 Å². The van der Waals surface area contributed by atoms with Crippen molar-refractivity contribution in [3.63, 3.8) is 0 Å². The van der Waals surface area contributed by atoms with Crippen molar-refractivity contribution in [1.82, 2.24) is 0 Å². The third-order valence-electron chi connectivity index (χ3n) is 2.39. The van der Waals surface area contributed by atoms with Crippen LogP contribution in [0.5, 0.6) is 11.5 Å². The highest BCUT2D eigenvalue weighted by molar-refractivity contribution is 5.98. The van der Waals surface area contributed by atoms with E-state index in [-0.39, 0.29) is 23.7 Å². The first-order chi connectivity index (χ1) is 10.5. The Morgan fingerprint density at radius 2 is 2.18 bits per heavy atom. The van der Waals surface area contributed by atoms with Crippen molar-refractivity contribution >= 4 is 12.0 Å². The van der Waals surface area contributed by atoms with Crippen LogP contribution in [0.4, 0.5) is 8.78 Å². The predicted octanol–water partition coefficient (Wildman–Crippen LogP) is 2.93. The van der Waals surface area contributed by atoms with E-state index in [4.69, 9.17) is 14.7 Å². The van der Waals surface area contributed by atoms with Crippen molar-refractivity contribution < 1.29 is 27.8 Å². The Hall–Kier alpha value is -2.88. The fourth-order valence-electron chi connectivity index (χ4n) is 1.49. The van der Waals surface area contributed by atoms with Crippen molar-refractivity contribution in [1.29, 1.82) is 5.26 Å². The van der Waals surface area contributed by atoms with Crippen LogP contribution in [0.25, 0.3) is 6.08 Å². The molecule has 0 saturated carbocycles. The highest BCUT2D eigenvalue weighted by atomic mass is 19.3. The van der Waals surface area contributed by atoms with Gasteiger partial charge in [-0.3, -0.25) is 0 Å².